The van der Waals surface area contributed by atoms with E-state index >= 15 is 0 Å². The van der Waals surface area contributed by atoms with Crippen LogP contribution < -0.4 is 15.4 Å². The number of aromatic nitrogens is 2. The van der Waals surface area contributed by atoms with Crippen LogP contribution in [0.4, 0.5) is 11.8 Å². The van der Waals surface area contributed by atoms with Crippen LogP contribution in [0.3, 0.4) is 0 Å². The zero-order valence-corrected chi connectivity index (χ0v) is 17.0. The first-order chi connectivity index (χ1) is 13.6. The molecule has 0 saturated carbocycles. The highest BCUT2D eigenvalue weighted by molar-refractivity contribution is 6.30. The van der Waals surface area contributed by atoms with Crippen LogP contribution in [-0.4, -0.2) is 30.2 Å². The van der Waals surface area contributed by atoms with Crippen molar-refractivity contribution in [3.8, 4) is 5.75 Å². The summed E-state index contributed by atoms with van der Waals surface area (Å²) in [5.74, 6) is 2.33. The summed E-state index contributed by atoms with van der Waals surface area (Å²) in [7, 11) is 1.68. The minimum Gasteiger partial charge on any atom is -0.497 e. The fourth-order valence-corrected chi connectivity index (χ4v) is 3.09. The molecule has 0 spiro atoms. The lowest BCUT2D eigenvalue weighted by atomic mass is 10.1. The van der Waals surface area contributed by atoms with Crippen LogP contribution in [0, 0.1) is 6.92 Å². The summed E-state index contributed by atoms with van der Waals surface area (Å²) in [5, 5.41) is 7.43. The van der Waals surface area contributed by atoms with E-state index in [4.69, 9.17) is 16.3 Å². The molecule has 0 atom stereocenters. The van der Waals surface area contributed by atoms with Crippen molar-refractivity contribution in [2.45, 2.75) is 19.8 Å². The summed E-state index contributed by atoms with van der Waals surface area (Å²) in [6.45, 7) is 3.51. The quantitative estimate of drug-likeness (QED) is 0.546. The van der Waals surface area contributed by atoms with Gasteiger partial charge in [-0.3, -0.25) is 0 Å². The summed E-state index contributed by atoms with van der Waals surface area (Å²) in [6, 6.07) is 18.0. The SMILES string of the molecule is COc1ccc(CCNc2cc(C)nc(NCCc3cccc(Cl)c3)n2)cc1. The summed E-state index contributed by atoms with van der Waals surface area (Å²) in [6.07, 6.45) is 1.77. The van der Waals surface area contributed by atoms with E-state index in [-0.39, 0.29) is 0 Å². The van der Waals surface area contributed by atoms with Crippen LogP contribution in [0.2, 0.25) is 5.02 Å². The number of rotatable bonds is 9. The lowest BCUT2D eigenvalue weighted by Gasteiger charge is -2.10. The second kappa shape index (κ2) is 9.95. The average Bonchev–Trinajstić information content (AvgIpc) is 2.68. The molecule has 0 aliphatic rings. The Labute approximate surface area is 171 Å². The van der Waals surface area contributed by atoms with Gasteiger partial charge in [-0.05, 0) is 55.2 Å². The highest BCUT2D eigenvalue weighted by atomic mass is 35.5. The first kappa shape index (κ1) is 20.0. The Morgan fingerprint density at radius 2 is 1.64 bits per heavy atom. The maximum Gasteiger partial charge on any atom is 0.224 e. The molecule has 5 nitrogen and oxygen atoms in total. The molecule has 0 saturated heterocycles. The largest absolute Gasteiger partial charge is 0.497 e. The van der Waals surface area contributed by atoms with E-state index in [0.717, 1.165) is 48.2 Å². The van der Waals surface area contributed by atoms with Crippen molar-refractivity contribution < 1.29 is 4.74 Å². The van der Waals surface area contributed by atoms with Gasteiger partial charge in [0.2, 0.25) is 5.95 Å². The first-order valence-electron chi connectivity index (χ1n) is 9.33. The second-order valence-electron chi connectivity index (χ2n) is 6.55. The molecule has 0 amide bonds. The summed E-state index contributed by atoms with van der Waals surface area (Å²) in [4.78, 5) is 9.03. The van der Waals surface area contributed by atoms with Crippen LogP contribution in [0.25, 0.3) is 0 Å². The van der Waals surface area contributed by atoms with Crippen molar-refractivity contribution in [3.63, 3.8) is 0 Å². The Hall–Kier alpha value is -2.79. The van der Waals surface area contributed by atoms with Crippen molar-refractivity contribution in [2.75, 3.05) is 30.8 Å². The maximum absolute atomic E-state index is 6.03. The maximum atomic E-state index is 6.03. The lowest BCUT2D eigenvalue weighted by Crippen LogP contribution is -2.12. The molecule has 6 heteroatoms. The van der Waals surface area contributed by atoms with Crippen LogP contribution in [0.5, 0.6) is 5.75 Å². The van der Waals surface area contributed by atoms with Crippen molar-refractivity contribution in [3.05, 3.63) is 76.4 Å². The number of halogens is 1. The van der Waals surface area contributed by atoms with Gasteiger partial charge < -0.3 is 15.4 Å². The highest BCUT2D eigenvalue weighted by Gasteiger charge is 2.03. The molecule has 3 rings (SSSR count). The number of anilines is 2. The molecule has 0 aliphatic heterocycles. The lowest BCUT2D eigenvalue weighted by molar-refractivity contribution is 0.414. The van der Waals surface area contributed by atoms with Crippen molar-refractivity contribution in [1.29, 1.82) is 0 Å². The van der Waals surface area contributed by atoms with Crippen LogP contribution in [0.15, 0.2) is 54.6 Å². The van der Waals surface area contributed by atoms with E-state index < -0.39 is 0 Å². The predicted molar refractivity (Wildman–Crippen MR) is 116 cm³/mol. The zero-order valence-electron chi connectivity index (χ0n) is 16.2. The molecular weight excluding hydrogens is 372 g/mol. The zero-order chi connectivity index (χ0) is 19.8. The van der Waals surface area contributed by atoms with Gasteiger partial charge in [0.25, 0.3) is 0 Å². The third-order valence-electron chi connectivity index (χ3n) is 4.32. The van der Waals surface area contributed by atoms with E-state index in [1.807, 2.05) is 43.3 Å². The molecule has 146 valence electrons. The predicted octanol–water partition coefficient (Wildman–Crippen LogP) is 4.76. The number of hydrogen-bond donors (Lipinski definition) is 2. The van der Waals surface area contributed by atoms with E-state index in [1.54, 1.807) is 7.11 Å². The summed E-state index contributed by atoms with van der Waals surface area (Å²) >= 11 is 6.03. The second-order valence-corrected chi connectivity index (χ2v) is 6.99. The molecule has 1 aromatic heterocycles. The number of methoxy groups -OCH3 is 1. The minimum absolute atomic E-state index is 0.633. The van der Waals surface area contributed by atoms with E-state index in [9.17, 15) is 0 Å². The smallest absolute Gasteiger partial charge is 0.224 e. The molecule has 0 radical (unpaired) electrons. The number of aryl methyl sites for hydroxylation is 1. The Kier molecular flexibility index (Phi) is 7.09. The number of nitrogens with one attached hydrogen (secondary N) is 2. The standard InChI is InChI=1S/C22H25ClN4O/c1-16-14-21(24-12-10-17-6-8-20(28-2)9-7-17)27-22(26-16)25-13-11-18-4-3-5-19(23)15-18/h3-9,14-15H,10-13H2,1-2H3,(H2,24,25,26,27). The van der Waals surface area contributed by atoms with E-state index in [2.05, 4.69) is 38.8 Å². The molecule has 2 aromatic carbocycles. The topological polar surface area (TPSA) is 59.1 Å². The normalized spacial score (nSPS) is 10.5. The van der Waals surface area contributed by atoms with Crippen molar-refractivity contribution in [2.24, 2.45) is 0 Å². The Morgan fingerprint density at radius 1 is 0.893 bits per heavy atom. The van der Waals surface area contributed by atoms with Gasteiger partial charge in [-0.25, -0.2) is 4.98 Å². The Morgan fingerprint density at radius 3 is 2.39 bits per heavy atom. The molecule has 0 fully saturated rings. The molecule has 3 aromatic rings. The number of hydrogen-bond acceptors (Lipinski definition) is 5. The summed E-state index contributed by atoms with van der Waals surface area (Å²) < 4.78 is 5.19. The van der Waals surface area contributed by atoms with Gasteiger partial charge >= 0.3 is 0 Å². The van der Waals surface area contributed by atoms with Crippen LogP contribution >= 0.6 is 11.6 Å². The first-order valence-corrected chi connectivity index (χ1v) is 9.71. The highest BCUT2D eigenvalue weighted by Crippen LogP contribution is 2.14. The molecular formula is C22H25ClN4O. The van der Waals surface area contributed by atoms with Gasteiger partial charge in [0, 0.05) is 29.9 Å². The van der Waals surface area contributed by atoms with Crippen molar-refractivity contribution in [1.82, 2.24) is 9.97 Å². The Balaban J connectivity index is 1.50. The third-order valence-corrected chi connectivity index (χ3v) is 4.55. The monoisotopic (exact) mass is 396 g/mol. The molecule has 1 heterocycles. The van der Waals surface area contributed by atoms with Gasteiger partial charge in [0.05, 0.1) is 7.11 Å². The van der Waals surface area contributed by atoms with E-state index in [0.29, 0.717) is 5.95 Å². The summed E-state index contributed by atoms with van der Waals surface area (Å²) in [5.41, 5.74) is 3.36. The fraction of sp³-hybridized carbons (Fsp3) is 0.273. The molecule has 28 heavy (non-hydrogen) atoms. The van der Waals surface area contributed by atoms with Gasteiger partial charge in [0.15, 0.2) is 0 Å². The number of nitrogens with zero attached hydrogens (tertiary/aromatic N) is 2. The van der Waals surface area contributed by atoms with Gasteiger partial charge in [-0.15, -0.1) is 0 Å². The van der Waals surface area contributed by atoms with Gasteiger partial charge in [-0.1, -0.05) is 35.9 Å². The number of ether oxygens (including phenoxy) is 1. The average molecular weight is 397 g/mol. The Bertz CT molecular complexity index is 899. The minimum atomic E-state index is 0.633. The molecule has 2 N–H and O–H groups in total. The molecule has 0 unspecified atom stereocenters. The third kappa shape index (κ3) is 6.13. The molecule has 0 bridgehead atoms. The van der Waals surface area contributed by atoms with Crippen LogP contribution in [-0.2, 0) is 12.8 Å². The van der Waals surface area contributed by atoms with Gasteiger partial charge in [-0.2, -0.15) is 4.98 Å². The van der Waals surface area contributed by atoms with Crippen molar-refractivity contribution >= 4 is 23.4 Å². The van der Waals surface area contributed by atoms with Crippen LogP contribution in [0.1, 0.15) is 16.8 Å². The van der Waals surface area contributed by atoms with Gasteiger partial charge in [0.1, 0.15) is 11.6 Å². The molecule has 0 aliphatic carbocycles. The van der Waals surface area contributed by atoms with E-state index in [1.165, 1.54) is 11.1 Å². The fourth-order valence-electron chi connectivity index (χ4n) is 2.88. The number of benzene rings is 2.